The number of primary amides is 1. The van der Waals surface area contributed by atoms with Gasteiger partial charge in [0.25, 0.3) is 0 Å². The second-order valence-corrected chi connectivity index (χ2v) is 4.17. The van der Waals surface area contributed by atoms with Gasteiger partial charge in [0.05, 0.1) is 0 Å². The van der Waals surface area contributed by atoms with Gasteiger partial charge in [-0.15, -0.1) is 0 Å². The van der Waals surface area contributed by atoms with Gasteiger partial charge in [-0.25, -0.2) is 0 Å². The van der Waals surface area contributed by atoms with Crippen LogP contribution in [0, 0.1) is 6.92 Å². The lowest BCUT2D eigenvalue weighted by Gasteiger charge is -2.07. The van der Waals surface area contributed by atoms with Crippen molar-refractivity contribution in [2.24, 2.45) is 5.73 Å². The fourth-order valence-electron chi connectivity index (χ4n) is 1.69. The van der Waals surface area contributed by atoms with Gasteiger partial charge in [0.15, 0.2) is 0 Å². The molecule has 0 atom stereocenters. The van der Waals surface area contributed by atoms with E-state index in [1.54, 1.807) is 18.2 Å². The third kappa shape index (κ3) is 3.10. The summed E-state index contributed by atoms with van der Waals surface area (Å²) in [6, 6.07) is 15.0. The topological polar surface area (TPSA) is 52.3 Å². The largest absolute Gasteiger partial charge is 0.489 e. The predicted molar refractivity (Wildman–Crippen MR) is 70.5 cm³/mol. The number of ether oxygens (including phenoxy) is 1. The van der Waals surface area contributed by atoms with Crippen LogP contribution in [0.1, 0.15) is 21.5 Å². The average molecular weight is 241 g/mol. The number of hydrogen-bond donors (Lipinski definition) is 1. The van der Waals surface area contributed by atoms with Crippen LogP contribution in [-0.2, 0) is 6.61 Å². The van der Waals surface area contributed by atoms with Crippen LogP contribution in [0.25, 0.3) is 0 Å². The second-order valence-electron chi connectivity index (χ2n) is 4.17. The summed E-state index contributed by atoms with van der Waals surface area (Å²) in [5, 5.41) is 0. The Morgan fingerprint density at radius 2 is 1.94 bits per heavy atom. The highest BCUT2D eigenvalue weighted by atomic mass is 16.5. The summed E-state index contributed by atoms with van der Waals surface area (Å²) >= 11 is 0. The predicted octanol–water partition coefficient (Wildman–Crippen LogP) is 2.67. The monoisotopic (exact) mass is 241 g/mol. The first-order valence-corrected chi connectivity index (χ1v) is 5.73. The van der Waals surface area contributed by atoms with Gasteiger partial charge in [-0.3, -0.25) is 4.79 Å². The van der Waals surface area contributed by atoms with Gasteiger partial charge in [0.2, 0.25) is 5.91 Å². The van der Waals surface area contributed by atoms with Gasteiger partial charge in [-0.2, -0.15) is 0 Å². The lowest BCUT2D eigenvalue weighted by Crippen LogP contribution is -2.11. The lowest BCUT2D eigenvalue weighted by molar-refractivity contribution is 0.1000. The minimum atomic E-state index is -0.424. The summed E-state index contributed by atoms with van der Waals surface area (Å²) < 4.78 is 5.66. The first-order valence-electron chi connectivity index (χ1n) is 5.73. The second kappa shape index (κ2) is 5.36. The van der Waals surface area contributed by atoms with E-state index in [1.165, 1.54) is 0 Å². The summed E-state index contributed by atoms with van der Waals surface area (Å²) in [5.74, 6) is 0.395. The molecule has 2 aromatic carbocycles. The highest BCUT2D eigenvalue weighted by molar-refractivity contribution is 5.92. The zero-order chi connectivity index (χ0) is 13.0. The van der Waals surface area contributed by atoms with Crippen molar-refractivity contribution in [2.45, 2.75) is 13.5 Å². The van der Waals surface area contributed by atoms with E-state index in [9.17, 15) is 4.79 Å². The molecule has 0 saturated heterocycles. The number of rotatable bonds is 4. The zero-order valence-corrected chi connectivity index (χ0v) is 10.2. The smallest absolute Gasteiger partial charge is 0.248 e. The molecule has 18 heavy (non-hydrogen) atoms. The summed E-state index contributed by atoms with van der Waals surface area (Å²) in [5.41, 5.74) is 7.81. The Morgan fingerprint density at radius 1 is 1.17 bits per heavy atom. The molecule has 0 saturated carbocycles. The molecule has 0 aliphatic heterocycles. The van der Waals surface area contributed by atoms with E-state index in [2.05, 4.69) is 0 Å². The van der Waals surface area contributed by atoms with Crippen LogP contribution in [-0.4, -0.2) is 5.91 Å². The molecule has 0 aromatic heterocycles. The number of hydrogen-bond acceptors (Lipinski definition) is 2. The SMILES string of the molecule is Cc1cccc(OCc2cccc(C(N)=O)c2)c1. The summed E-state index contributed by atoms with van der Waals surface area (Å²) in [4.78, 5) is 11.1. The number of nitrogens with two attached hydrogens (primary N) is 1. The molecule has 3 nitrogen and oxygen atoms in total. The standard InChI is InChI=1S/C15H15NO2/c1-11-4-2-7-14(8-11)18-10-12-5-3-6-13(9-12)15(16)17/h2-9H,10H2,1H3,(H2,16,17). The van der Waals surface area contributed by atoms with Gasteiger partial charge in [0.1, 0.15) is 12.4 Å². The maximum absolute atomic E-state index is 11.1. The van der Waals surface area contributed by atoms with E-state index in [4.69, 9.17) is 10.5 Å². The van der Waals surface area contributed by atoms with Crippen LogP contribution >= 0.6 is 0 Å². The summed E-state index contributed by atoms with van der Waals surface area (Å²) in [6.07, 6.45) is 0. The zero-order valence-electron chi connectivity index (χ0n) is 10.2. The Labute approximate surface area is 106 Å². The molecule has 3 heteroatoms. The Bertz CT molecular complexity index is 564. The van der Waals surface area contributed by atoms with E-state index in [0.717, 1.165) is 16.9 Å². The fourth-order valence-corrected chi connectivity index (χ4v) is 1.69. The van der Waals surface area contributed by atoms with E-state index >= 15 is 0 Å². The van der Waals surface area contributed by atoms with Gasteiger partial charge in [-0.05, 0) is 42.3 Å². The molecule has 2 N–H and O–H groups in total. The molecular formula is C15H15NO2. The molecule has 0 heterocycles. The number of aryl methyl sites for hydroxylation is 1. The first-order chi connectivity index (χ1) is 8.65. The molecule has 0 aliphatic rings. The fraction of sp³-hybridized carbons (Fsp3) is 0.133. The molecule has 0 fully saturated rings. The number of carbonyl (C=O) groups excluding carboxylic acids is 1. The van der Waals surface area contributed by atoms with E-state index in [-0.39, 0.29) is 0 Å². The highest BCUT2D eigenvalue weighted by Gasteiger charge is 2.02. The molecule has 0 aliphatic carbocycles. The Hall–Kier alpha value is -2.29. The van der Waals surface area contributed by atoms with Crippen LogP contribution in [0.2, 0.25) is 0 Å². The van der Waals surface area contributed by atoms with E-state index in [0.29, 0.717) is 12.2 Å². The quantitative estimate of drug-likeness (QED) is 0.894. The van der Waals surface area contributed by atoms with Gasteiger partial charge < -0.3 is 10.5 Å². The molecule has 2 rings (SSSR count). The summed E-state index contributed by atoms with van der Waals surface area (Å²) in [6.45, 7) is 2.44. The summed E-state index contributed by atoms with van der Waals surface area (Å²) in [7, 11) is 0. The van der Waals surface area contributed by atoms with Crippen molar-refractivity contribution < 1.29 is 9.53 Å². The number of amides is 1. The first kappa shape index (κ1) is 12.2. The van der Waals surface area contributed by atoms with Crippen molar-refractivity contribution in [3.8, 4) is 5.75 Å². The van der Waals surface area contributed by atoms with Crippen LogP contribution in [0.15, 0.2) is 48.5 Å². The van der Waals surface area contributed by atoms with Gasteiger partial charge in [0, 0.05) is 5.56 Å². The molecule has 2 aromatic rings. The van der Waals surface area contributed by atoms with Crippen molar-refractivity contribution in [1.29, 1.82) is 0 Å². The average Bonchev–Trinajstić information content (AvgIpc) is 2.37. The third-order valence-electron chi connectivity index (χ3n) is 2.61. The van der Waals surface area contributed by atoms with Crippen LogP contribution in [0.5, 0.6) is 5.75 Å². The third-order valence-corrected chi connectivity index (χ3v) is 2.61. The maximum atomic E-state index is 11.1. The Kier molecular flexibility index (Phi) is 3.63. The molecule has 0 spiro atoms. The maximum Gasteiger partial charge on any atom is 0.248 e. The highest BCUT2D eigenvalue weighted by Crippen LogP contribution is 2.15. The van der Waals surface area contributed by atoms with Crippen LogP contribution in [0.4, 0.5) is 0 Å². The molecule has 1 amide bonds. The Balaban J connectivity index is 2.06. The molecule has 0 bridgehead atoms. The van der Waals surface area contributed by atoms with E-state index in [1.807, 2.05) is 37.3 Å². The van der Waals surface area contributed by atoms with E-state index < -0.39 is 5.91 Å². The lowest BCUT2D eigenvalue weighted by atomic mass is 10.1. The Morgan fingerprint density at radius 3 is 2.67 bits per heavy atom. The molecule has 0 unspecified atom stereocenters. The van der Waals surface area contributed by atoms with Crippen molar-refractivity contribution in [2.75, 3.05) is 0 Å². The van der Waals surface area contributed by atoms with Crippen molar-refractivity contribution in [1.82, 2.24) is 0 Å². The van der Waals surface area contributed by atoms with Crippen molar-refractivity contribution in [3.05, 3.63) is 65.2 Å². The number of benzene rings is 2. The van der Waals surface area contributed by atoms with Crippen molar-refractivity contribution in [3.63, 3.8) is 0 Å². The normalized spacial score (nSPS) is 10.1. The molecule has 0 radical (unpaired) electrons. The minimum Gasteiger partial charge on any atom is -0.489 e. The molecular weight excluding hydrogens is 226 g/mol. The van der Waals surface area contributed by atoms with Crippen molar-refractivity contribution >= 4 is 5.91 Å². The molecule has 92 valence electrons. The van der Waals surface area contributed by atoms with Gasteiger partial charge in [-0.1, -0.05) is 24.3 Å². The van der Waals surface area contributed by atoms with Gasteiger partial charge >= 0.3 is 0 Å². The van der Waals surface area contributed by atoms with Crippen LogP contribution < -0.4 is 10.5 Å². The number of carbonyl (C=O) groups is 1. The van der Waals surface area contributed by atoms with Crippen LogP contribution in [0.3, 0.4) is 0 Å². The minimum absolute atomic E-state index is 0.421.